The number of hydrogen-bond acceptors (Lipinski definition) is 3. The maximum Gasteiger partial charge on any atom is 0.338 e. The predicted molar refractivity (Wildman–Crippen MR) is 66.4 cm³/mol. The van der Waals surface area contributed by atoms with Crippen molar-refractivity contribution in [2.24, 2.45) is 0 Å². The van der Waals surface area contributed by atoms with E-state index < -0.39 is 11.9 Å². The number of carbonyl (C=O) groups excluding carboxylic acids is 1. The van der Waals surface area contributed by atoms with Crippen molar-refractivity contribution in [3.8, 4) is 0 Å². The van der Waals surface area contributed by atoms with Crippen LogP contribution in [0, 0.1) is 0 Å². The normalized spacial score (nSPS) is 10.0. The van der Waals surface area contributed by atoms with Crippen molar-refractivity contribution in [3.63, 3.8) is 0 Å². The van der Waals surface area contributed by atoms with E-state index in [0.717, 1.165) is 5.56 Å². The molecule has 1 N–H and O–H groups in total. The van der Waals surface area contributed by atoms with Crippen LogP contribution < -0.4 is 0 Å². The molecule has 0 saturated carbocycles. The van der Waals surface area contributed by atoms with E-state index >= 15 is 0 Å². The molecule has 1 aromatic carbocycles. The third-order valence-electron chi connectivity index (χ3n) is 2.38. The molecule has 17 heavy (non-hydrogen) atoms. The molecule has 1 aromatic rings. The van der Waals surface area contributed by atoms with Gasteiger partial charge in [0.25, 0.3) is 0 Å². The van der Waals surface area contributed by atoms with E-state index in [-0.39, 0.29) is 6.42 Å². The molecule has 0 fully saturated rings. The van der Waals surface area contributed by atoms with E-state index in [4.69, 9.17) is 9.84 Å². The molecule has 0 aliphatic rings. The second-order valence-electron chi connectivity index (χ2n) is 3.47. The Morgan fingerprint density at radius 2 is 2.00 bits per heavy atom. The minimum absolute atomic E-state index is 0.00423. The van der Waals surface area contributed by atoms with Crippen LogP contribution in [0.1, 0.15) is 27.9 Å². The summed E-state index contributed by atoms with van der Waals surface area (Å²) in [7, 11) is 1.31. The van der Waals surface area contributed by atoms with Crippen LogP contribution in [0.5, 0.6) is 0 Å². The molecular weight excluding hydrogens is 288 g/mol. The summed E-state index contributed by atoms with van der Waals surface area (Å²) < 4.78 is 4.72. The Morgan fingerprint density at radius 1 is 1.35 bits per heavy atom. The molecule has 0 heterocycles. The minimum atomic E-state index is -0.884. The lowest BCUT2D eigenvalue weighted by Gasteiger charge is -2.10. The van der Waals surface area contributed by atoms with Crippen molar-refractivity contribution in [3.05, 3.63) is 34.9 Å². The molecule has 0 saturated heterocycles. The fourth-order valence-corrected chi connectivity index (χ4v) is 2.05. The van der Waals surface area contributed by atoms with E-state index in [0.29, 0.717) is 22.9 Å². The Bertz CT molecular complexity index is 429. The van der Waals surface area contributed by atoms with Crippen LogP contribution in [0.25, 0.3) is 0 Å². The van der Waals surface area contributed by atoms with Gasteiger partial charge in [0.15, 0.2) is 0 Å². The first-order valence-electron chi connectivity index (χ1n) is 5.07. The van der Waals surface area contributed by atoms with Crippen LogP contribution >= 0.6 is 15.9 Å². The van der Waals surface area contributed by atoms with Gasteiger partial charge in [-0.05, 0) is 17.5 Å². The number of methoxy groups -OCH3 is 1. The zero-order chi connectivity index (χ0) is 12.8. The van der Waals surface area contributed by atoms with E-state index in [1.165, 1.54) is 7.11 Å². The van der Waals surface area contributed by atoms with Crippen molar-refractivity contribution in [2.45, 2.75) is 18.2 Å². The lowest BCUT2D eigenvalue weighted by atomic mass is 9.98. The van der Waals surface area contributed by atoms with Crippen LogP contribution in [0.3, 0.4) is 0 Å². The fourth-order valence-electron chi connectivity index (χ4n) is 1.58. The number of hydrogen-bond donors (Lipinski definition) is 1. The standard InChI is InChI=1S/C12H13BrO4/c1-17-12(16)11-8(5-6-10(14)15)3-2-4-9(11)7-13/h2-4H,5-7H2,1H3,(H,14,15). The third kappa shape index (κ3) is 3.56. The lowest BCUT2D eigenvalue weighted by Crippen LogP contribution is -2.10. The average Bonchev–Trinajstić information content (AvgIpc) is 2.34. The maximum atomic E-state index is 11.7. The summed E-state index contributed by atoms with van der Waals surface area (Å²) in [4.78, 5) is 22.2. The monoisotopic (exact) mass is 300 g/mol. The summed E-state index contributed by atoms with van der Waals surface area (Å²) in [6.45, 7) is 0. The lowest BCUT2D eigenvalue weighted by molar-refractivity contribution is -0.136. The van der Waals surface area contributed by atoms with Gasteiger partial charge in [-0.2, -0.15) is 0 Å². The highest BCUT2D eigenvalue weighted by Crippen LogP contribution is 2.20. The molecule has 0 amide bonds. The molecule has 92 valence electrons. The van der Waals surface area contributed by atoms with Crippen molar-refractivity contribution >= 4 is 27.9 Å². The molecule has 5 heteroatoms. The zero-order valence-corrected chi connectivity index (χ0v) is 11.0. The summed E-state index contributed by atoms with van der Waals surface area (Å²) >= 11 is 3.30. The molecule has 0 bridgehead atoms. The van der Waals surface area contributed by atoms with Gasteiger partial charge in [-0.25, -0.2) is 4.79 Å². The Hall–Kier alpha value is -1.36. The largest absolute Gasteiger partial charge is 0.481 e. The van der Waals surface area contributed by atoms with Gasteiger partial charge in [-0.3, -0.25) is 4.79 Å². The van der Waals surface area contributed by atoms with Crippen LogP contribution in [0.15, 0.2) is 18.2 Å². The van der Waals surface area contributed by atoms with Crippen LogP contribution in [-0.4, -0.2) is 24.2 Å². The number of alkyl halides is 1. The van der Waals surface area contributed by atoms with Gasteiger partial charge in [-0.15, -0.1) is 0 Å². The number of esters is 1. The van der Waals surface area contributed by atoms with Crippen molar-refractivity contribution in [1.82, 2.24) is 0 Å². The Balaban J connectivity index is 3.10. The van der Waals surface area contributed by atoms with Gasteiger partial charge >= 0.3 is 11.9 Å². The number of ether oxygens (including phenoxy) is 1. The number of aryl methyl sites for hydroxylation is 1. The molecule has 0 unspecified atom stereocenters. The first-order valence-corrected chi connectivity index (χ1v) is 6.19. The second-order valence-corrected chi connectivity index (χ2v) is 4.03. The van der Waals surface area contributed by atoms with E-state index in [1.807, 2.05) is 6.07 Å². The number of carboxylic acids is 1. The predicted octanol–water partition coefficient (Wildman–Crippen LogP) is 2.39. The van der Waals surface area contributed by atoms with Crippen molar-refractivity contribution in [1.29, 1.82) is 0 Å². The number of aliphatic carboxylic acids is 1. The number of rotatable bonds is 5. The van der Waals surface area contributed by atoms with E-state index in [9.17, 15) is 9.59 Å². The number of benzene rings is 1. The van der Waals surface area contributed by atoms with E-state index in [2.05, 4.69) is 15.9 Å². The summed E-state index contributed by atoms with van der Waals surface area (Å²) in [5.74, 6) is -1.31. The molecule has 0 aromatic heterocycles. The van der Waals surface area contributed by atoms with Gasteiger partial charge in [0.2, 0.25) is 0 Å². The van der Waals surface area contributed by atoms with Gasteiger partial charge < -0.3 is 9.84 Å². The quantitative estimate of drug-likeness (QED) is 0.670. The van der Waals surface area contributed by atoms with Gasteiger partial charge in [0.1, 0.15) is 0 Å². The summed E-state index contributed by atoms with van der Waals surface area (Å²) in [5, 5.41) is 9.19. The Kier molecular flexibility index (Phi) is 5.15. The van der Waals surface area contributed by atoms with Crippen LogP contribution in [-0.2, 0) is 21.3 Å². The molecule has 0 radical (unpaired) electrons. The highest BCUT2D eigenvalue weighted by atomic mass is 79.9. The van der Waals surface area contributed by atoms with Crippen LogP contribution in [0.4, 0.5) is 0 Å². The number of carbonyl (C=O) groups is 2. The molecule has 4 nitrogen and oxygen atoms in total. The minimum Gasteiger partial charge on any atom is -0.481 e. The molecule has 0 aliphatic heterocycles. The topological polar surface area (TPSA) is 63.6 Å². The summed E-state index contributed by atoms with van der Waals surface area (Å²) in [6, 6.07) is 5.37. The van der Waals surface area contributed by atoms with E-state index in [1.54, 1.807) is 12.1 Å². The summed E-state index contributed by atoms with van der Waals surface area (Å²) in [6.07, 6.45) is 0.316. The molecular formula is C12H13BrO4. The smallest absolute Gasteiger partial charge is 0.338 e. The van der Waals surface area contributed by atoms with Gasteiger partial charge in [0, 0.05) is 11.8 Å². The highest BCUT2D eigenvalue weighted by molar-refractivity contribution is 9.08. The SMILES string of the molecule is COC(=O)c1c(CBr)cccc1CCC(=O)O. The first-order chi connectivity index (χ1) is 8.10. The fraction of sp³-hybridized carbons (Fsp3) is 0.333. The van der Waals surface area contributed by atoms with Gasteiger partial charge in [0.05, 0.1) is 12.7 Å². The second kappa shape index (κ2) is 6.39. The first kappa shape index (κ1) is 13.7. The zero-order valence-electron chi connectivity index (χ0n) is 9.40. The maximum absolute atomic E-state index is 11.7. The third-order valence-corrected chi connectivity index (χ3v) is 2.98. The number of carboxylic acid groups (broad SMARTS) is 1. The average molecular weight is 301 g/mol. The molecule has 0 atom stereocenters. The van der Waals surface area contributed by atoms with Crippen molar-refractivity contribution < 1.29 is 19.4 Å². The molecule has 0 aliphatic carbocycles. The number of halogens is 1. The molecule has 0 spiro atoms. The van der Waals surface area contributed by atoms with Gasteiger partial charge in [-0.1, -0.05) is 34.1 Å². The Labute approximate surface area is 108 Å². The molecule has 1 rings (SSSR count). The van der Waals surface area contributed by atoms with Crippen LogP contribution in [0.2, 0.25) is 0 Å². The van der Waals surface area contributed by atoms with Crippen molar-refractivity contribution in [2.75, 3.05) is 7.11 Å². The summed E-state index contributed by atoms with van der Waals surface area (Å²) in [5.41, 5.74) is 1.98. The highest BCUT2D eigenvalue weighted by Gasteiger charge is 2.16. The Morgan fingerprint density at radius 3 is 2.53 bits per heavy atom.